The van der Waals surface area contributed by atoms with E-state index in [1.165, 1.54) is 25.3 Å². The molecule has 1 heterocycles. The van der Waals surface area contributed by atoms with Crippen LogP contribution in [0.2, 0.25) is 0 Å². The van der Waals surface area contributed by atoms with E-state index in [-0.39, 0.29) is 22.9 Å². The van der Waals surface area contributed by atoms with Crippen LogP contribution in [0.3, 0.4) is 0 Å². The number of methoxy groups -OCH3 is 1. The number of nitrogens with zero attached hydrogens (tertiary/aromatic N) is 2. The quantitative estimate of drug-likeness (QED) is 0.594. The van der Waals surface area contributed by atoms with E-state index in [0.717, 1.165) is 26.2 Å². The van der Waals surface area contributed by atoms with Crippen molar-refractivity contribution in [3.05, 3.63) is 33.9 Å². The largest absolute Gasteiger partial charge is 0.490 e. The predicted molar refractivity (Wildman–Crippen MR) is 76.4 cm³/mol. The van der Waals surface area contributed by atoms with E-state index in [1.54, 1.807) is 0 Å². The molecule has 0 bridgehead atoms. The minimum Gasteiger partial charge on any atom is -0.490 e. The fraction of sp³-hybridized carbons (Fsp3) is 0.462. The molecule has 114 valence electrons. The van der Waals surface area contributed by atoms with E-state index >= 15 is 0 Å². The third kappa shape index (κ3) is 3.89. The first-order valence-corrected chi connectivity index (χ1v) is 6.65. The second kappa shape index (κ2) is 7.00. The smallest absolute Gasteiger partial charge is 0.311 e. The molecule has 0 aliphatic carbocycles. The van der Waals surface area contributed by atoms with Crippen LogP contribution in [0.15, 0.2) is 18.2 Å². The Labute approximate surface area is 122 Å². The average molecular weight is 294 g/mol. The highest BCUT2D eigenvalue weighted by Crippen LogP contribution is 2.27. The first-order valence-electron chi connectivity index (χ1n) is 6.65. The van der Waals surface area contributed by atoms with Crippen molar-refractivity contribution in [1.82, 2.24) is 15.5 Å². The van der Waals surface area contributed by atoms with E-state index in [2.05, 4.69) is 15.5 Å². The molecular weight excluding hydrogens is 276 g/mol. The summed E-state index contributed by atoms with van der Waals surface area (Å²) < 4.78 is 4.91. The molecule has 2 rings (SSSR count). The van der Waals surface area contributed by atoms with Crippen molar-refractivity contribution < 1.29 is 14.5 Å². The standard InChI is InChI=1S/C13H18N4O4/c1-21-12-3-2-10(8-11(12)17(19)20)13(18)15-9-16-6-4-14-5-7-16/h2-3,8,14H,4-7,9H2,1H3,(H,15,18). The summed E-state index contributed by atoms with van der Waals surface area (Å²) in [4.78, 5) is 24.5. The number of nitro groups is 1. The van der Waals surface area contributed by atoms with Crippen molar-refractivity contribution in [2.45, 2.75) is 0 Å². The van der Waals surface area contributed by atoms with E-state index in [4.69, 9.17) is 4.74 Å². The molecular formula is C13H18N4O4. The number of hydrogen-bond donors (Lipinski definition) is 2. The number of benzene rings is 1. The Hall–Kier alpha value is -2.19. The van der Waals surface area contributed by atoms with Gasteiger partial charge < -0.3 is 15.4 Å². The fourth-order valence-corrected chi connectivity index (χ4v) is 2.13. The van der Waals surface area contributed by atoms with Crippen LogP contribution in [-0.4, -0.2) is 55.7 Å². The van der Waals surface area contributed by atoms with Crippen LogP contribution >= 0.6 is 0 Å². The molecule has 8 heteroatoms. The van der Waals surface area contributed by atoms with Gasteiger partial charge in [0.1, 0.15) is 0 Å². The van der Waals surface area contributed by atoms with Crippen LogP contribution < -0.4 is 15.4 Å². The lowest BCUT2D eigenvalue weighted by Crippen LogP contribution is -2.48. The van der Waals surface area contributed by atoms with Gasteiger partial charge >= 0.3 is 5.69 Å². The lowest BCUT2D eigenvalue weighted by Gasteiger charge is -2.27. The lowest BCUT2D eigenvalue weighted by atomic mass is 10.1. The highest BCUT2D eigenvalue weighted by molar-refractivity contribution is 5.95. The Morgan fingerprint density at radius 1 is 1.48 bits per heavy atom. The summed E-state index contributed by atoms with van der Waals surface area (Å²) in [6, 6.07) is 4.17. The van der Waals surface area contributed by atoms with Crippen LogP contribution in [0.25, 0.3) is 0 Å². The predicted octanol–water partition coefficient (Wildman–Crippen LogP) is 0.196. The van der Waals surface area contributed by atoms with Gasteiger partial charge in [0.25, 0.3) is 5.91 Å². The second-order valence-corrected chi connectivity index (χ2v) is 4.68. The van der Waals surface area contributed by atoms with E-state index < -0.39 is 4.92 Å². The topological polar surface area (TPSA) is 96.7 Å². The molecule has 1 aliphatic heterocycles. The molecule has 1 aromatic carbocycles. The van der Waals surface area contributed by atoms with Crippen LogP contribution in [0.5, 0.6) is 5.75 Å². The first kappa shape index (κ1) is 15.2. The van der Waals surface area contributed by atoms with Gasteiger partial charge in [0, 0.05) is 37.8 Å². The summed E-state index contributed by atoms with van der Waals surface area (Å²) in [7, 11) is 1.35. The summed E-state index contributed by atoms with van der Waals surface area (Å²) in [5.74, 6) is -0.196. The maximum absolute atomic E-state index is 12.0. The number of hydrogen-bond acceptors (Lipinski definition) is 6. The molecule has 1 saturated heterocycles. The Morgan fingerprint density at radius 2 is 2.19 bits per heavy atom. The number of ether oxygens (including phenoxy) is 1. The number of nitrogens with one attached hydrogen (secondary N) is 2. The minimum absolute atomic E-state index is 0.138. The SMILES string of the molecule is COc1ccc(C(=O)NCN2CCNCC2)cc1[N+](=O)[O-]. The normalized spacial score (nSPS) is 15.5. The van der Waals surface area contributed by atoms with Gasteiger partial charge in [0.05, 0.1) is 18.7 Å². The summed E-state index contributed by atoms with van der Waals surface area (Å²) >= 11 is 0. The van der Waals surface area contributed by atoms with Crippen LogP contribution in [0.1, 0.15) is 10.4 Å². The number of carbonyl (C=O) groups excluding carboxylic acids is 1. The van der Waals surface area contributed by atoms with Crippen LogP contribution in [-0.2, 0) is 0 Å². The molecule has 8 nitrogen and oxygen atoms in total. The molecule has 1 aliphatic rings. The molecule has 0 spiro atoms. The van der Waals surface area contributed by atoms with Gasteiger partial charge in [-0.1, -0.05) is 0 Å². The van der Waals surface area contributed by atoms with Crippen LogP contribution in [0, 0.1) is 10.1 Å². The molecule has 1 aromatic rings. The van der Waals surface area contributed by atoms with Crippen molar-refractivity contribution in [2.75, 3.05) is 40.0 Å². The zero-order chi connectivity index (χ0) is 15.2. The van der Waals surface area contributed by atoms with Crippen molar-refractivity contribution in [2.24, 2.45) is 0 Å². The Bertz CT molecular complexity index is 529. The van der Waals surface area contributed by atoms with Crippen molar-refractivity contribution in [3.63, 3.8) is 0 Å². The van der Waals surface area contributed by atoms with Gasteiger partial charge in [-0.25, -0.2) is 0 Å². The van der Waals surface area contributed by atoms with Gasteiger partial charge in [-0.3, -0.25) is 19.8 Å². The molecule has 0 atom stereocenters. The summed E-state index contributed by atoms with van der Waals surface area (Å²) in [6.07, 6.45) is 0. The third-order valence-electron chi connectivity index (χ3n) is 3.31. The number of piperazine rings is 1. The number of amides is 1. The van der Waals surface area contributed by atoms with E-state index in [1.807, 2.05) is 0 Å². The summed E-state index contributed by atoms with van der Waals surface area (Å²) in [6.45, 7) is 3.94. The van der Waals surface area contributed by atoms with E-state index in [9.17, 15) is 14.9 Å². The molecule has 0 saturated carbocycles. The lowest BCUT2D eigenvalue weighted by molar-refractivity contribution is -0.385. The third-order valence-corrected chi connectivity index (χ3v) is 3.31. The molecule has 2 N–H and O–H groups in total. The van der Waals surface area contributed by atoms with Crippen molar-refractivity contribution in [3.8, 4) is 5.75 Å². The van der Waals surface area contributed by atoms with Crippen molar-refractivity contribution >= 4 is 11.6 Å². The maximum Gasteiger partial charge on any atom is 0.311 e. The van der Waals surface area contributed by atoms with Gasteiger partial charge in [0.15, 0.2) is 5.75 Å². The zero-order valence-corrected chi connectivity index (χ0v) is 11.8. The molecule has 0 unspecified atom stereocenters. The first-order chi connectivity index (χ1) is 10.1. The Balaban J connectivity index is 2.01. The molecule has 1 fully saturated rings. The maximum atomic E-state index is 12.0. The Morgan fingerprint density at radius 3 is 2.81 bits per heavy atom. The minimum atomic E-state index is -0.564. The second-order valence-electron chi connectivity index (χ2n) is 4.68. The zero-order valence-electron chi connectivity index (χ0n) is 11.8. The number of rotatable bonds is 5. The number of carbonyl (C=O) groups is 1. The molecule has 21 heavy (non-hydrogen) atoms. The van der Waals surface area contributed by atoms with Gasteiger partial charge in [-0.15, -0.1) is 0 Å². The fourth-order valence-electron chi connectivity index (χ4n) is 2.13. The van der Waals surface area contributed by atoms with Gasteiger partial charge in [-0.05, 0) is 12.1 Å². The van der Waals surface area contributed by atoms with Gasteiger partial charge in [-0.2, -0.15) is 0 Å². The summed E-state index contributed by atoms with van der Waals surface area (Å²) in [5, 5.41) is 16.9. The molecule has 0 radical (unpaired) electrons. The molecule has 1 amide bonds. The Kier molecular flexibility index (Phi) is 5.07. The number of nitro benzene ring substituents is 1. The summed E-state index contributed by atoms with van der Waals surface area (Å²) in [5.41, 5.74) is 0.0324. The highest BCUT2D eigenvalue weighted by Gasteiger charge is 2.18. The monoisotopic (exact) mass is 294 g/mol. The van der Waals surface area contributed by atoms with E-state index in [0.29, 0.717) is 6.67 Å². The average Bonchev–Trinajstić information content (AvgIpc) is 2.52. The van der Waals surface area contributed by atoms with Gasteiger partial charge in [0.2, 0.25) is 0 Å². The van der Waals surface area contributed by atoms with Crippen LogP contribution in [0.4, 0.5) is 5.69 Å². The van der Waals surface area contributed by atoms with Crippen molar-refractivity contribution in [1.29, 1.82) is 0 Å². The highest BCUT2D eigenvalue weighted by atomic mass is 16.6. The molecule has 0 aromatic heterocycles.